The molecule has 0 fully saturated rings. The van der Waals surface area contributed by atoms with Gasteiger partial charge < -0.3 is 0 Å². The van der Waals surface area contributed by atoms with Gasteiger partial charge in [0.2, 0.25) is 0 Å². The van der Waals surface area contributed by atoms with E-state index < -0.39 is 6.04 Å². The molecule has 3 aromatic carbocycles. The molecular weight excluding hydrogens is 351 g/mol. The lowest BCUT2D eigenvalue weighted by Crippen LogP contribution is -1.73. The van der Waals surface area contributed by atoms with Gasteiger partial charge in [0.25, 0.3) is 0 Å². The molecule has 0 aliphatic rings. The molecule has 26 heavy (non-hydrogen) atoms. The van der Waals surface area contributed by atoms with Gasteiger partial charge in [-0.15, -0.1) is 0 Å². The van der Waals surface area contributed by atoms with Crippen molar-refractivity contribution in [2.75, 3.05) is 0 Å². The first-order chi connectivity index (χ1) is 12.7. The molecule has 3 rings (SSSR count). The van der Waals surface area contributed by atoms with Gasteiger partial charge in [0.05, 0.1) is 0 Å². The second kappa shape index (κ2) is 9.29. The van der Waals surface area contributed by atoms with Crippen LogP contribution in [0.3, 0.4) is 0 Å². The zero-order valence-electron chi connectivity index (χ0n) is 14.5. The molecule has 0 unspecified atom stereocenters. The number of benzene rings is 3. The predicted octanol–water partition coefficient (Wildman–Crippen LogP) is 7.48. The molecule has 0 radical (unpaired) electrons. The zero-order valence-corrected chi connectivity index (χ0v) is 16.2. The van der Waals surface area contributed by atoms with Crippen LogP contribution in [0.5, 0.6) is 0 Å². The summed E-state index contributed by atoms with van der Waals surface area (Å²) in [6.45, 7) is 0. The molecule has 0 amide bonds. The van der Waals surface area contributed by atoms with Gasteiger partial charge in [-0.05, 0) is 34.1 Å². The van der Waals surface area contributed by atoms with Crippen molar-refractivity contribution in [2.45, 2.75) is 0 Å². The Bertz CT molecular complexity index is 812. The van der Waals surface area contributed by atoms with Gasteiger partial charge in [0.1, 0.15) is 0 Å². The Labute approximate surface area is 161 Å². The minimum Gasteiger partial charge on any atom is -0.0844 e. The fourth-order valence-electron chi connectivity index (χ4n) is 2.45. The van der Waals surface area contributed by atoms with Crippen LogP contribution in [0.1, 0.15) is 16.7 Å². The molecule has 0 saturated carbocycles. The van der Waals surface area contributed by atoms with Crippen LogP contribution in [-0.2, 0) is 11.8 Å². The average molecular weight is 372 g/mol. The Morgan fingerprint density at radius 2 is 0.731 bits per heavy atom. The van der Waals surface area contributed by atoms with Crippen LogP contribution in [-0.4, -0.2) is 0 Å². The minimum absolute atomic E-state index is 1.17. The van der Waals surface area contributed by atoms with E-state index in [1.807, 2.05) is 54.6 Å². The van der Waals surface area contributed by atoms with Gasteiger partial charge >= 0.3 is 0 Å². The Hall–Kier alpha value is -2.47. The highest BCUT2D eigenvalue weighted by Gasteiger charge is 2.04. The molecule has 2 heteroatoms. The van der Waals surface area contributed by atoms with E-state index in [2.05, 4.69) is 72.1 Å². The second-order valence-electron chi connectivity index (χ2n) is 5.94. The van der Waals surface area contributed by atoms with Crippen LogP contribution in [0.2, 0.25) is 0 Å². The van der Waals surface area contributed by atoms with E-state index in [0.717, 1.165) is 0 Å². The van der Waals surface area contributed by atoms with Gasteiger partial charge in [0.15, 0.2) is 0 Å². The molecule has 0 nitrogen and oxygen atoms in total. The van der Waals surface area contributed by atoms with Gasteiger partial charge in [-0.1, -0.05) is 121 Å². The van der Waals surface area contributed by atoms with Crippen LogP contribution < -0.4 is 0 Å². The smallest absolute Gasteiger partial charge is 0.0172 e. The maximum atomic E-state index is 6.05. The van der Waals surface area contributed by atoms with Gasteiger partial charge in [0, 0.05) is 6.04 Å². The molecule has 0 aromatic heterocycles. The molecule has 0 aliphatic heterocycles. The van der Waals surface area contributed by atoms with E-state index in [-0.39, 0.29) is 0 Å². The van der Waals surface area contributed by atoms with E-state index >= 15 is 0 Å². The Morgan fingerprint density at radius 3 is 1.00 bits per heavy atom. The van der Waals surface area contributed by atoms with Crippen LogP contribution in [0, 0.1) is 0 Å². The van der Waals surface area contributed by atoms with Crippen molar-refractivity contribution in [3.8, 4) is 0 Å². The van der Waals surface area contributed by atoms with Crippen LogP contribution in [0.4, 0.5) is 0 Å². The first-order valence-corrected chi connectivity index (χ1v) is 11.6. The summed E-state index contributed by atoms with van der Waals surface area (Å²) < 4.78 is 0. The Balaban J connectivity index is 1.89. The number of hydrogen-bond donors (Lipinski definition) is 0. The molecule has 0 bridgehead atoms. The molecule has 128 valence electrons. The summed E-state index contributed by atoms with van der Waals surface area (Å²) in [6.07, 6.45) is 6.39. The van der Waals surface area contributed by atoms with Gasteiger partial charge in [-0.25, -0.2) is 0 Å². The number of rotatable bonds is 6. The molecule has 0 heterocycles. The first-order valence-electron chi connectivity index (χ1n) is 8.56. The van der Waals surface area contributed by atoms with Crippen molar-refractivity contribution >= 4 is 36.1 Å². The summed E-state index contributed by atoms with van der Waals surface area (Å²) in [5, 5.41) is 0. The fraction of sp³-hybridized carbons (Fsp3) is 0. The van der Waals surface area contributed by atoms with Crippen molar-refractivity contribution in [3.05, 3.63) is 125 Å². The SMILES string of the molecule is S=P(/C=C\c1ccccc1)(/C=C\c1ccccc1)/C=C\c1ccccc1. The zero-order chi connectivity index (χ0) is 18.1. The lowest BCUT2D eigenvalue weighted by molar-refractivity contribution is 1.66. The third-order valence-corrected chi connectivity index (χ3v) is 6.84. The largest absolute Gasteiger partial charge is 0.0844 e. The lowest BCUT2D eigenvalue weighted by atomic mass is 10.2. The summed E-state index contributed by atoms with van der Waals surface area (Å²) in [6, 6.07) is 29.0. The van der Waals surface area contributed by atoms with Crippen molar-refractivity contribution in [1.29, 1.82) is 0 Å². The minimum atomic E-state index is -1.92. The second-order valence-corrected chi connectivity index (χ2v) is 10.3. The lowest BCUT2D eigenvalue weighted by Gasteiger charge is -2.08. The van der Waals surface area contributed by atoms with Crippen LogP contribution >= 0.6 is 6.04 Å². The topological polar surface area (TPSA) is 0 Å². The van der Waals surface area contributed by atoms with Crippen LogP contribution in [0.25, 0.3) is 18.2 Å². The monoisotopic (exact) mass is 372 g/mol. The standard InChI is InChI=1S/C24H21PS/c26-25(19-16-22-10-4-1-5-11-22,20-17-23-12-6-2-7-13-23)21-18-24-14-8-3-9-15-24/h1-21H/b19-16-,20-17-,21-18-. The Morgan fingerprint density at radius 1 is 0.462 bits per heavy atom. The normalized spacial score (nSPS) is 12.3. The van der Waals surface area contributed by atoms with E-state index in [1.54, 1.807) is 0 Å². The van der Waals surface area contributed by atoms with Gasteiger partial charge in [-0.3, -0.25) is 0 Å². The highest BCUT2D eigenvalue weighted by Crippen LogP contribution is 2.52. The summed E-state index contributed by atoms with van der Waals surface area (Å²) in [5.41, 5.74) is 3.51. The summed E-state index contributed by atoms with van der Waals surface area (Å²) in [4.78, 5) is 0. The van der Waals surface area contributed by atoms with Crippen molar-refractivity contribution in [1.82, 2.24) is 0 Å². The van der Waals surface area contributed by atoms with Crippen molar-refractivity contribution in [2.24, 2.45) is 0 Å². The van der Waals surface area contributed by atoms with Crippen molar-refractivity contribution < 1.29 is 0 Å². The maximum absolute atomic E-state index is 6.05. The molecule has 0 atom stereocenters. The van der Waals surface area contributed by atoms with E-state index in [4.69, 9.17) is 11.8 Å². The summed E-state index contributed by atoms with van der Waals surface area (Å²) >= 11 is 6.05. The fourth-order valence-corrected chi connectivity index (χ4v) is 4.51. The van der Waals surface area contributed by atoms with Crippen molar-refractivity contribution in [3.63, 3.8) is 0 Å². The molecule has 0 aliphatic carbocycles. The third kappa shape index (κ3) is 5.81. The van der Waals surface area contributed by atoms with E-state index in [1.165, 1.54) is 16.7 Å². The predicted molar refractivity (Wildman–Crippen MR) is 121 cm³/mol. The quantitative estimate of drug-likeness (QED) is 0.404. The molecule has 0 saturated heterocycles. The molecule has 0 spiro atoms. The van der Waals surface area contributed by atoms with Crippen LogP contribution in [0.15, 0.2) is 108 Å². The van der Waals surface area contributed by atoms with E-state index in [9.17, 15) is 0 Å². The third-order valence-electron chi connectivity index (χ3n) is 3.90. The number of hydrogen-bond acceptors (Lipinski definition) is 1. The molecular formula is C24H21PS. The highest BCUT2D eigenvalue weighted by atomic mass is 32.4. The highest BCUT2D eigenvalue weighted by molar-refractivity contribution is 8.19. The maximum Gasteiger partial charge on any atom is 0.0172 e. The summed E-state index contributed by atoms with van der Waals surface area (Å²) in [7, 11) is 0. The molecule has 3 aromatic rings. The van der Waals surface area contributed by atoms with Gasteiger partial charge in [-0.2, -0.15) is 0 Å². The Kier molecular flexibility index (Phi) is 6.55. The van der Waals surface area contributed by atoms with E-state index in [0.29, 0.717) is 0 Å². The average Bonchev–Trinajstić information content (AvgIpc) is 2.72. The molecule has 0 N–H and O–H groups in total. The first kappa shape index (κ1) is 18.3. The summed E-state index contributed by atoms with van der Waals surface area (Å²) in [5.74, 6) is 6.53.